The average molecular weight is 440 g/mol. The Morgan fingerprint density at radius 2 is 2.15 bits per heavy atom. The first kappa shape index (κ1) is 19.7. The van der Waals surface area contributed by atoms with Crippen molar-refractivity contribution in [2.45, 2.75) is 50.5 Å². The summed E-state index contributed by atoms with van der Waals surface area (Å²) in [4.78, 5) is 25.0. The normalized spacial score (nSPS) is 25.1. The summed E-state index contributed by atoms with van der Waals surface area (Å²) in [5.74, 6) is 1.87. The summed E-state index contributed by atoms with van der Waals surface area (Å²) in [7, 11) is 0. The van der Waals surface area contributed by atoms with Gasteiger partial charge in [0.1, 0.15) is 0 Å². The average Bonchev–Trinajstić information content (AvgIpc) is 3.22. The molecule has 0 aliphatic heterocycles. The molecule has 0 aromatic heterocycles. The highest BCUT2D eigenvalue weighted by molar-refractivity contribution is 9.10. The fraction of sp³-hybridized carbons (Fsp3) is 0.600. The quantitative estimate of drug-likeness (QED) is 0.507. The van der Waals surface area contributed by atoms with Crippen LogP contribution in [0.15, 0.2) is 27.6 Å². The molecule has 26 heavy (non-hydrogen) atoms. The molecule has 0 heterocycles. The summed E-state index contributed by atoms with van der Waals surface area (Å²) in [6.45, 7) is 3.89. The third-order valence-electron chi connectivity index (χ3n) is 5.67. The molecular formula is C20H26BrNO3S. The minimum Gasteiger partial charge on any atom is -0.455 e. The van der Waals surface area contributed by atoms with E-state index in [1.165, 1.54) is 37.4 Å². The smallest absolute Gasteiger partial charge is 0.316 e. The number of hydrogen-bond acceptors (Lipinski definition) is 4. The van der Waals surface area contributed by atoms with Gasteiger partial charge in [0.15, 0.2) is 6.61 Å². The maximum atomic E-state index is 12.1. The summed E-state index contributed by atoms with van der Waals surface area (Å²) in [6, 6.07) is 6.10. The van der Waals surface area contributed by atoms with Gasteiger partial charge in [-0.2, -0.15) is 0 Å². The zero-order valence-electron chi connectivity index (χ0n) is 15.3. The number of carbonyl (C=O) groups excluding carboxylic acids is 2. The maximum Gasteiger partial charge on any atom is 0.316 e. The highest BCUT2D eigenvalue weighted by Gasteiger charge is 2.42. The van der Waals surface area contributed by atoms with Gasteiger partial charge in [0.25, 0.3) is 5.91 Å². The summed E-state index contributed by atoms with van der Waals surface area (Å²) in [6.07, 6.45) is 5.22. The van der Waals surface area contributed by atoms with Gasteiger partial charge in [-0.1, -0.05) is 22.4 Å². The Morgan fingerprint density at radius 1 is 1.35 bits per heavy atom. The molecule has 0 saturated heterocycles. The van der Waals surface area contributed by atoms with Crippen molar-refractivity contribution in [2.24, 2.45) is 17.8 Å². The Hall–Kier alpha value is -1.01. The van der Waals surface area contributed by atoms with Crippen LogP contribution in [0.5, 0.6) is 0 Å². The number of hydrogen-bond donors (Lipinski definition) is 1. The number of aryl methyl sites for hydroxylation is 1. The van der Waals surface area contributed by atoms with E-state index in [9.17, 15) is 9.59 Å². The first-order valence-corrected chi connectivity index (χ1v) is 11.0. The van der Waals surface area contributed by atoms with Crippen LogP contribution in [0.4, 0.5) is 0 Å². The number of benzene rings is 1. The Morgan fingerprint density at radius 3 is 2.81 bits per heavy atom. The van der Waals surface area contributed by atoms with Crippen LogP contribution >= 0.6 is 27.7 Å². The molecule has 2 aliphatic rings. The molecule has 3 rings (SSSR count). The lowest BCUT2D eigenvalue weighted by atomic mass is 9.84. The zero-order valence-corrected chi connectivity index (χ0v) is 17.7. The lowest BCUT2D eigenvalue weighted by Crippen LogP contribution is -2.42. The van der Waals surface area contributed by atoms with Gasteiger partial charge >= 0.3 is 5.97 Å². The topological polar surface area (TPSA) is 55.4 Å². The third kappa shape index (κ3) is 5.03. The van der Waals surface area contributed by atoms with Crippen molar-refractivity contribution in [3.63, 3.8) is 0 Å². The predicted molar refractivity (Wildman–Crippen MR) is 107 cm³/mol. The van der Waals surface area contributed by atoms with E-state index in [0.717, 1.165) is 26.8 Å². The van der Waals surface area contributed by atoms with E-state index >= 15 is 0 Å². The van der Waals surface area contributed by atoms with E-state index in [-0.39, 0.29) is 30.3 Å². The molecule has 0 radical (unpaired) electrons. The van der Waals surface area contributed by atoms with E-state index in [2.05, 4.69) is 28.2 Å². The summed E-state index contributed by atoms with van der Waals surface area (Å²) in [5, 5.41) is 3.02. The standard InChI is InChI=1S/C20H26BrNO3S/c1-12-7-16(21)5-6-18(12)26-11-20(24)25-10-19(23)22-13(2)17-9-14-3-4-15(17)8-14/h5-7,13-15,17H,3-4,8-11H2,1-2H3,(H,22,23)/t13-,14+,15+,17-/m1/s1. The number of thioether (sulfide) groups is 1. The Kier molecular flexibility index (Phi) is 6.67. The second-order valence-corrected chi connectivity index (χ2v) is 9.49. The Bertz CT molecular complexity index is 681. The summed E-state index contributed by atoms with van der Waals surface area (Å²) >= 11 is 4.86. The highest BCUT2D eigenvalue weighted by Crippen LogP contribution is 2.49. The second-order valence-electron chi connectivity index (χ2n) is 7.55. The van der Waals surface area contributed by atoms with Crippen molar-refractivity contribution in [3.8, 4) is 0 Å². The first-order valence-electron chi connectivity index (χ1n) is 9.26. The fourth-order valence-corrected chi connectivity index (χ4v) is 5.69. The molecule has 2 saturated carbocycles. The molecule has 2 fully saturated rings. The minimum absolute atomic E-state index is 0.163. The Balaban J connectivity index is 1.36. The number of fused-ring (bicyclic) bond motifs is 2. The number of rotatable bonds is 7. The zero-order chi connectivity index (χ0) is 18.7. The minimum atomic E-state index is -0.361. The van der Waals surface area contributed by atoms with E-state index in [1.54, 1.807) is 0 Å². The van der Waals surface area contributed by atoms with Crippen LogP contribution in [0.25, 0.3) is 0 Å². The highest BCUT2D eigenvalue weighted by atomic mass is 79.9. The maximum absolute atomic E-state index is 12.1. The van der Waals surface area contributed by atoms with E-state index < -0.39 is 0 Å². The molecular weight excluding hydrogens is 414 g/mol. The van der Waals surface area contributed by atoms with Crippen molar-refractivity contribution in [1.29, 1.82) is 0 Å². The molecule has 4 atom stereocenters. The molecule has 2 bridgehead atoms. The van der Waals surface area contributed by atoms with Gasteiger partial charge in [0, 0.05) is 15.4 Å². The molecule has 1 amide bonds. The van der Waals surface area contributed by atoms with Crippen LogP contribution in [-0.2, 0) is 14.3 Å². The van der Waals surface area contributed by atoms with E-state index in [4.69, 9.17) is 4.74 Å². The number of ether oxygens (including phenoxy) is 1. The number of esters is 1. The molecule has 0 spiro atoms. The molecule has 0 unspecified atom stereocenters. The molecule has 142 valence electrons. The van der Waals surface area contributed by atoms with Crippen molar-refractivity contribution in [3.05, 3.63) is 28.2 Å². The molecule has 6 heteroatoms. The van der Waals surface area contributed by atoms with Gasteiger partial charge in [-0.15, -0.1) is 11.8 Å². The number of carbonyl (C=O) groups is 2. The van der Waals surface area contributed by atoms with Gasteiger partial charge in [0.2, 0.25) is 0 Å². The van der Waals surface area contributed by atoms with Crippen LogP contribution in [0, 0.1) is 24.7 Å². The molecule has 1 aromatic rings. The van der Waals surface area contributed by atoms with Gasteiger partial charge < -0.3 is 10.1 Å². The largest absolute Gasteiger partial charge is 0.455 e. The van der Waals surface area contributed by atoms with Crippen LogP contribution in [0.1, 0.15) is 38.2 Å². The fourth-order valence-electron chi connectivity index (χ4n) is 4.41. The van der Waals surface area contributed by atoms with Gasteiger partial charge in [-0.25, -0.2) is 0 Å². The third-order valence-corrected chi connectivity index (χ3v) is 7.31. The number of nitrogens with one attached hydrogen (secondary N) is 1. The summed E-state index contributed by atoms with van der Waals surface area (Å²) in [5.41, 5.74) is 1.11. The monoisotopic (exact) mass is 439 g/mol. The lowest BCUT2D eigenvalue weighted by Gasteiger charge is -2.28. The van der Waals surface area contributed by atoms with Crippen LogP contribution in [0.3, 0.4) is 0 Å². The number of amides is 1. The molecule has 4 nitrogen and oxygen atoms in total. The summed E-state index contributed by atoms with van der Waals surface area (Å²) < 4.78 is 6.15. The van der Waals surface area contributed by atoms with E-state index in [0.29, 0.717) is 5.92 Å². The predicted octanol–water partition coefficient (Wildman–Crippen LogP) is 4.33. The molecule has 1 aromatic carbocycles. The van der Waals surface area contributed by atoms with Crippen molar-refractivity contribution in [2.75, 3.05) is 12.4 Å². The second kappa shape index (κ2) is 8.79. The SMILES string of the molecule is Cc1cc(Br)ccc1SCC(=O)OCC(=O)N[C@H](C)[C@H]1C[C@H]2CC[C@H]1C2. The molecule has 1 N–H and O–H groups in total. The van der Waals surface area contributed by atoms with Gasteiger partial charge in [-0.3, -0.25) is 9.59 Å². The van der Waals surface area contributed by atoms with E-state index in [1.807, 2.05) is 25.1 Å². The van der Waals surface area contributed by atoms with Crippen LogP contribution < -0.4 is 5.32 Å². The van der Waals surface area contributed by atoms with Crippen molar-refractivity contribution >= 4 is 39.6 Å². The van der Waals surface area contributed by atoms with Crippen molar-refractivity contribution in [1.82, 2.24) is 5.32 Å². The van der Waals surface area contributed by atoms with Gasteiger partial charge in [0.05, 0.1) is 5.75 Å². The number of halogens is 1. The lowest BCUT2D eigenvalue weighted by molar-refractivity contribution is -0.146. The van der Waals surface area contributed by atoms with Gasteiger partial charge in [-0.05, 0) is 74.6 Å². The first-order chi connectivity index (χ1) is 12.4. The Labute approximate surface area is 168 Å². The van der Waals surface area contributed by atoms with Crippen molar-refractivity contribution < 1.29 is 14.3 Å². The van der Waals surface area contributed by atoms with Crippen LogP contribution in [0.2, 0.25) is 0 Å². The molecule has 2 aliphatic carbocycles. The van der Waals surface area contributed by atoms with Crippen LogP contribution in [-0.4, -0.2) is 30.3 Å².